The highest BCUT2D eigenvalue weighted by molar-refractivity contribution is 5.93. The molecule has 1 atom stereocenters. The molecule has 0 aliphatic carbocycles. The van der Waals surface area contributed by atoms with E-state index in [1.54, 1.807) is 4.68 Å². The number of carboxylic acid groups (broad SMARTS) is 1. The molecule has 0 fully saturated rings. The summed E-state index contributed by atoms with van der Waals surface area (Å²) in [5, 5.41) is 16.6. The zero-order valence-corrected chi connectivity index (χ0v) is 11.6. The van der Waals surface area contributed by atoms with Gasteiger partial charge in [0.05, 0.1) is 12.2 Å². The lowest BCUT2D eigenvalue weighted by Crippen LogP contribution is -2.25. The molecule has 5 heteroatoms. The van der Waals surface area contributed by atoms with E-state index in [1.807, 2.05) is 0 Å². The Morgan fingerprint density at radius 2 is 2.25 bits per heavy atom. The molecule has 2 N–H and O–H groups in total. The summed E-state index contributed by atoms with van der Waals surface area (Å²) in [4.78, 5) is 11.2. The first-order chi connectivity index (χ1) is 9.58. The van der Waals surface area contributed by atoms with Gasteiger partial charge in [0.1, 0.15) is 11.4 Å². The first kappa shape index (κ1) is 12.7. The van der Waals surface area contributed by atoms with Crippen LogP contribution < -0.4 is 5.32 Å². The van der Waals surface area contributed by atoms with Crippen LogP contribution in [0.2, 0.25) is 0 Å². The minimum absolute atomic E-state index is 0.0972. The Morgan fingerprint density at radius 1 is 1.45 bits per heavy atom. The van der Waals surface area contributed by atoms with Gasteiger partial charge in [0.2, 0.25) is 0 Å². The summed E-state index contributed by atoms with van der Waals surface area (Å²) in [6.45, 7) is 4.91. The minimum atomic E-state index is -0.944. The zero-order chi connectivity index (χ0) is 14.3. The fraction of sp³-hybridized carbons (Fsp3) is 0.333. The van der Waals surface area contributed by atoms with E-state index in [2.05, 4.69) is 42.5 Å². The summed E-state index contributed by atoms with van der Waals surface area (Å²) >= 11 is 0. The number of nitrogens with zero attached hydrogens (tertiary/aromatic N) is 2. The lowest BCUT2D eigenvalue weighted by Gasteiger charge is -2.27. The molecule has 1 aliphatic rings. The maximum atomic E-state index is 11.2. The topological polar surface area (TPSA) is 67.2 Å². The zero-order valence-electron chi connectivity index (χ0n) is 11.6. The van der Waals surface area contributed by atoms with Crippen molar-refractivity contribution in [2.24, 2.45) is 0 Å². The Balaban J connectivity index is 2.08. The van der Waals surface area contributed by atoms with Gasteiger partial charge in [-0.05, 0) is 31.4 Å². The number of hydrogen-bond acceptors (Lipinski definition) is 3. The van der Waals surface area contributed by atoms with Crippen molar-refractivity contribution in [3.8, 4) is 0 Å². The number of aromatic nitrogens is 2. The van der Waals surface area contributed by atoms with Crippen LogP contribution in [0.5, 0.6) is 0 Å². The van der Waals surface area contributed by atoms with Crippen molar-refractivity contribution in [3.63, 3.8) is 0 Å². The molecular formula is C15H17N3O2. The van der Waals surface area contributed by atoms with Gasteiger partial charge in [0.15, 0.2) is 0 Å². The summed E-state index contributed by atoms with van der Waals surface area (Å²) < 4.78 is 1.80. The predicted molar refractivity (Wildman–Crippen MR) is 76.3 cm³/mol. The third-order valence-corrected chi connectivity index (χ3v) is 3.82. The van der Waals surface area contributed by atoms with E-state index >= 15 is 0 Å². The SMILES string of the molecule is Cc1ccc(C2CCNc3c(C(=O)O)cnn32)c(C)c1. The summed E-state index contributed by atoms with van der Waals surface area (Å²) in [6, 6.07) is 6.46. The van der Waals surface area contributed by atoms with Gasteiger partial charge in [0, 0.05) is 6.54 Å². The van der Waals surface area contributed by atoms with Gasteiger partial charge in [-0.15, -0.1) is 0 Å². The van der Waals surface area contributed by atoms with Crippen molar-refractivity contribution < 1.29 is 9.90 Å². The van der Waals surface area contributed by atoms with Crippen LogP contribution >= 0.6 is 0 Å². The van der Waals surface area contributed by atoms with Gasteiger partial charge >= 0.3 is 5.97 Å². The molecule has 0 bridgehead atoms. The van der Waals surface area contributed by atoms with E-state index in [4.69, 9.17) is 0 Å². The van der Waals surface area contributed by atoms with Crippen LogP contribution in [0.4, 0.5) is 5.82 Å². The van der Waals surface area contributed by atoms with Gasteiger partial charge in [-0.3, -0.25) is 0 Å². The maximum absolute atomic E-state index is 11.2. The molecule has 0 radical (unpaired) electrons. The first-order valence-electron chi connectivity index (χ1n) is 6.69. The van der Waals surface area contributed by atoms with E-state index < -0.39 is 5.97 Å². The Kier molecular flexibility index (Phi) is 2.97. The summed E-state index contributed by atoms with van der Waals surface area (Å²) in [7, 11) is 0. The summed E-state index contributed by atoms with van der Waals surface area (Å²) in [5.74, 6) is -0.339. The second kappa shape index (κ2) is 4.67. The van der Waals surface area contributed by atoms with Crippen LogP contribution in [-0.4, -0.2) is 27.4 Å². The van der Waals surface area contributed by atoms with Crippen LogP contribution in [0.15, 0.2) is 24.4 Å². The predicted octanol–water partition coefficient (Wildman–Crippen LogP) is 2.60. The summed E-state index contributed by atoms with van der Waals surface area (Å²) in [6.07, 6.45) is 2.32. The highest BCUT2D eigenvalue weighted by atomic mass is 16.4. The average Bonchev–Trinajstić information content (AvgIpc) is 2.82. The number of rotatable bonds is 2. The number of benzene rings is 1. The molecule has 3 rings (SSSR count). The molecular weight excluding hydrogens is 254 g/mol. The monoisotopic (exact) mass is 271 g/mol. The number of anilines is 1. The van der Waals surface area contributed by atoms with Crippen molar-refractivity contribution in [2.45, 2.75) is 26.3 Å². The van der Waals surface area contributed by atoms with Gasteiger partial charge < -0.3 is 10.4 Å². The second-order valence-corrected chi connectivity index (χ2v) is 5.25. The molecule has 0 spiro atoms. The van der Waals surface area contributed by atoms with Crippen LogP contribution in [0.3, 0.4) is 0 Å². The van der Waals surface area contributed by atoms with E-state index in [0.29, 0.717) is 5.82 Å². The third kappa shape index (κ3) is 1.95. The van der Waals surface area contributed by atoms with Crippen molar-refractivity contribution in [2.75, 3.05) is 11.9 Å². The standard InChI is InChI=1S/C15H17N3O2/c1-9-3-4-11(10(2)7-9)13-5-6-16-14-12(15(19)20)8-17-18(13)14/h3-4,7-8,13,16H,5-6H2,1-2H3,(H,19,20). The van der Waals surface area contributed by atoms with Crippen LogP contribution in [0, 0.1) is 13.8 Å². The molecule has 1 aromatic carbocycles. The van der Waals surface area contributed by atoms with Crippen molar-refractivity contribution in [1.82, 2.24) is 9.78 Å². The van der Waals surface area contributed by atoms with E-state index in [0.717, 1.165) is 13.0 Å². The molecule has 5 nitrogen and oxygen atoms in total. The van der Waals surface area contributed by atoms with E-state index in [9.17, 15) is 9.90 Å². The molecule has 20 heavy (non-hydrogen) atoms. The normalized spacial score (nSPS) is 17.4. The Bertz CT molecular complexity index is 676. The van der Waals surface area contributed by atoms with Crippen LogP contribution in [0.25, 0.3) is 0 Å². The quantitative estimate of drug-likeness (QED) is 0.881. The smallest absolute Gasteiger partial charge is 0.341 e. The number of fused-ring (bicyclic) bond motifs is 1. The molecule has 104 valence electrons. The average molecular weight is 271 g/mol. The number of nitrogens with one attached hydrogen (secondary N) is 1. The summed E-state index contributed by atoms with van der Waals surface area (Å²) in [5.41, 5.74) is 3.89. The highest BCUT2D eigenvalue weighted by Gasteiger charge is 2.27. The van der Waals surface area contributed by atoms with Gasteiger partial charge in [0.25, 0.3) is 0 Å². The number of carboxylic acids is 1. The molecule has 2 aromatic rings. The molecule has 0 amide bonds. The molecule has 1 aromatic heterocycles. The van der Waals surface area contributed by atoms with Crippen molar-refractivity contribution >= 4 is 11.8 Å². The maximum Gasteiger partial charge on any atom is 0.341 e. The van der Waals surface area contributed by atoms with Gasteiger partial charge in [-0.25, -0.2) is 9.48 Å². The number of aromatic carboxylic acids is 1. The molecule has 1 unspecified atom stereocenters. The van der Waals surface area contributed by atoms with E-state index in [1.165, 1.54) is 22.9 Å². The van der Waals surface area contributed by atoms with Crippen LogP contribution in [-0.2, 0) is 0 Å². The Morgan fingerprint density at radius 3 is 2.95 bits per heavy atom. The second-order valence-electron chi connectivity index (χ2n) is 5.25. The van der Waals surface area contributed by atoms with Crippen LogP contribution in [0.1, 0.15) is 39.5 Å². The molecule has 0 saturated carbocycles. The molecule has 1 aliphatic heterocycles. The fourth-order valence-corrected chi connectivity index (χ4v) is 2.87. The van der Waals surface area contributed by atoms with Gasteiger partial charge in [-0.1, -0.05) is 23.8 Å². The van der Waals surface area contributed by atoms with Crippen molar-refractivity contribution in [1.29, 1.82) is 0 Å². The number of carbonyl (C=O) groups is 1. The van der Waals surface area contributed by atoms with Gasteiger partial charge in [-0.2, -0.15) is 5.10 Å². The lowest BCUT2D eigenvalue weighted by atomic mass is 9.96. The van der Waals surface area contributed by atoms with E-state index in [-0.39, 0.29) is 11.6 Å². The third-order valence-electron chi connectivity index (χ3n) is 3.82. The Hall–Kier alpha value is -2.30. The lowest BCUT2D eigenvalue weighted by molar-refractivity contribution is 0.0697. The minimum Gasteiger partial charge on any atom is -0.477 e. The molecule has 0 saturated heterocycles. The molecule has 2 heterocycles. The largest absolute Gasteiger partial charge is 0.477 e. The Labute approximate surface area is 117 Å². The first-order valence-corrected chi connectivity index (χ1v) is 6.69. The number of aryl methyl sites for hydroxylation is 2. The fourth-order valence-electron chi connectivity index (χ4n) is 2.87. The number of hydrogen-bond donors (Lipinski definition) is 2. The van der Waals surface area contributed by atoms with Crippen molar-refractivity contribution in [3.05, 3.63) is 46.6 Å². The highest BCUT2D eigenvalue weighted by Crippen LogP contribution is 2.33.